The van der Waals surface area contributed by atoms with Gasteiger partial charge in [0.05, 0.1) is 18.1 Å². The predicted molar refractivity (Wildman–Crippen MR) is 110 cm³/mol. The predicted octanol–water partition coefficient (Wildman–Crippen LogP) is 2.75. The summed E-state index contributed by atoms with van der Waals surface area (Å²) >= 11 is 0. The number of carbonyl (C=O) groups excluding carboxylic acids is 1. The Morgan fingerprint density at radius 3 is 2.31 bits per heavy atom. The topological polar surface area (TPSA) is 80.6 Å². The van der Waals surface area contributed by atoms with Crippen molar-refractivity contribution in [1.82, 2.24) is 8.87 Å². The third-order valence-corrected chi connectivity index (χ3v) is 6.63. The van der Waals surface area contributed by atoms with E-state index in [1.54, 1.807) is 24.3 Å². The molecule has 1 aromatic heterocycles. The monoisotopic (exact) mass is 411 g/mol. The van der Waals surface area contributed by atoms with E-state index in [-0.39, 0.29) is 10.8 Å². The molecule has 0 saturated carbocycles. The average Bonchev–Trinajstić information content (AvgIpc) is 3.30. The van der Waals surface area contributed by atoms with Gasteiger partial charge in [0.25, 0.3) is 5.91 Å². The number of sulfonamides is 1. The Balaban J connectivity index is 1.49. The molecule has 29 heavy (non-hydrogen) atoms. The van der Waals surface area contributed by atoms with Crippen LogP contribution in [0.3, 0.4) is 0 Å². The molecule has 1 aliphatic rings. The summed E-state index contributed by atoms with van der Waals surface area (Å²) in [5, 5.41) is 2.77. The number of rotatable bonds is 5. The molecule has 1 saturated heterocycles. The van der Waals surface area contributed by atoms with Crippen LogP contribution < -0.4 is 5.32 Å². The third kappa shape index (κ3) is 4.24. The van der Waals surface area contributed by atoms with E-state index in [2.05, 4.69) is 5.32 Å². The lowest BCUT2D eigenvalue weighted by Crippen LogP contribution is -2.40. The van der Waals surface area contributed by atoms with E-state index in [0.29, 0.717) is 37.6 Å². The molecule has 0 radical (unpaired) electrons. The fraction of sp³-hybridized carbons (Fsp3) is 0.190. The molecule has 150 valence electrons. The van der Waals surface area contributed by atoms with Crippen molar-refractivity contribution < 1.29 is 17.9 Å². The van der Waals surface area contributed by atoms with Gasteiger partial charge in [0.1, 0.15) is 0 Å². The van der Waals surface area contributed by atoms with Crippen LogP contribution in [0.5, 0.6) is 0 Å². The van der Waals surface area contributed by atoms with Crippen LogP contribution in [0.2, 0.25) is 0 Å². The normalized spacial score (nSPS) is 15.2. The molecule has 1 amide bonds. The molecule has 0 atom stereocenters. The van der Waals surface area contributed by atoms with Crippen molar-refractivity contribution in [3.05, 3.63) is 78.6 Å². The number of anilines is 1. The Kier molecular flexibility index (Phi) is 5.48. The van der Waals surface area contributed by atoms with E-state index in [0.717, 1.165) is 5.69 Å². The van der Waals surface area contributed by atoms with E-state index in [1.165, 1.54) is 16.4 Å². The molecule has 0 bridgehead atoms. The van der Waals surface area contributed by atoms with Gasteiger partial charge in [0, 0.05) is 42.4 Å². The summed E-state index contributed by atoms with van der Waals surface area (Å²) in [6, 6.07) is 17.4. The smallest absolute Gasteiger partial charge is 0.255 e. The lowest BCUT2D eigenvalue weighted by Gasteiger charge is -2.26. The summed E-state index contributed by atoms with van der Waals surface area (Å²) in [6.07, 6.45) is 3.85. The molecule has 2 heterocycles. The van der Waals surface area contributed by atoms with Crippen LogP contribution in [-0.4, -0.2) is 49.5 Å². The maximum Gasteiger partial charge on any atom is 0.255 e. The van der Waals surface area contributed by atoms with Crippen LogP contribution in [0, 0.1) is 0 Å². The number of morpholine rings is 1. The maximum atomic E-state index is 12.8. The molecule has 1 aliphatic heterocycles. The molecule has 0 aliphatic carbocycles. The number of amides is 1. The van der Waals surface area contributed by atoms with E-state index in [1.807, 2.05) is 41.2 Å². The average molecular weight is 411 g/mol. The first-order chi connectivity index (χ1) is 14.0. The Bertz CT molecular complexity index is 1090. The van der Waals surface area contributed by atoms with Gasteiger partial charge in [0.15, 0.2) is 0 Å². The number of benzene rings is 2. The van der Waals surface area contributed by atoms with Gasteiger partial charge in [-0.05, 0) is 54.6 Å². The van der Waals surface area contributed by atoms with Gasteiger partial charge in [-0.15, -0.1) is 0 Å². The van der Waals surface area contributed by atoms with Crippen molar-refractivity contribution in [2.24, 2.45) is 0 Å². The highest BCUT2D eigenvalue weighted by molar-refractivity contribution is 7.89. The first-order valence-electron chi connectivity index (χ1n) is 9.27. The number of aromatic nitrogens is 1. The van der Waals surface area contributed by atoms with E-state index < -0.39 is 10.0 Å². The van der Waals surface area contributed by atoms with Crippen LogP contribution in [0.4, 0.5) is 5.69 Å². The van der Waals surface area contributed by atoms with Gasteiger partial charge >= 0.3 is 0 Å². The van der Waals surface area contributed by atoms with Crippen LogP contribution in [-0.2, 0) is 14.8 Å². The summed E-state index contributed by atoms with van der Waals surface area (Å²) in [4.78, 5) is 12.7. The van der Waals surface area contributed by atoms with E-state index in [9.17, 15) is 13.2 Å². The zero-order chi connectivity index (χ0) is 20.3. The summed E-state index contributed by atoms with van der Waals surface area (Å²) in [5.74, 6) is -0.301. The van der Waals surface area contributed by atoms with Gasteiger partial charge < -0.3 is 14.6 Å². The molecular weight excluding hydrogens is 390 g/mol. The van der Waals surface area contributed by atoms with Crippen LogP contribution in [0.1, 0.15) is 10.4 Å². The molecule has 7 nitrogen and oxygen atoms in total. The van der Waals surface area contributed by atoms with Gasteiger partial charge in [-0.25, -0.2) is 8.42 Å². The van der Waals surface area contributed by atoms with Gasteiger partial charge in [-0.3, -0.25) is 4.79 Å². The zero-order valence-electron chi connectivity index (χ0n) is 15.7. The minimum Gasteiger partial charge on any atom is -0.379 e. The van der Waals surface area contributed by atoms with Crippen molar-refractivity contribution in [2.45, 2.75) is 4.90 Å². The molecular formula is C21H21N3O4S. The number of nitrogens with zero attached hydrogens (tertiary/aromatic N) is 2. The second-order valence-corrected chi connectivity index (χ2v) is 8.57. The first kappa shape index (κ1) is 19.4. The highest BCUT2D eigenvalue weighted by Crippen LogP contribution is 2.21. The quantitative estimate of drug-likeness (QED) is 0.700. The summed E-state index contributed by atoms with van der Waals surface area (Å²) in [6.45, 7) is 1.42. The van der Waals surface area contributed by atoms with Gasteiger partial charge in [0.2, 0.25) is 10.0 Å². The minimum absolute atomic E-state index is 0.153. The highest BCUT2D eigenvalue weighted by Gasteiger charge is 2.26. The Labute approximate surface area is 169 Å². The van der Waals surface area contributed by atoms with Crippen LogP contribution in [0.15, 0.2) is 78.0 Å². The number of hydrogen-bond donors (Lipinski definition) is 1. The number of ether oxygens (including phenoxy) is 1. The first-order valence-corrected chi connectivity index (χ1v) is 10.7. The standard InChI is InChI=1S/C21H21N3O4S/c25-21(17-6-8-19(9-7-17)23-10-1-2-11-23)22-18-4-3-5-20(16-18)29(26,27)24-12-14-28-15-13-24/h1-11,16H,12-15H2,(H,22,25). The van der Waals surface area contributed by atoms with Crippen molar-refractivity contribution in [1.29, 1.82) is 0 Å². The fourth-order valence-electron chi connectivity index (χ4n) is 3.17. The molecule has 1 N–H and O–H groups in total. The van der Waals surface area contributed by atoms with Crippen molar-refractivity contribution in [3.63, 3.8) is 0 Å². The maximum absolute atomic E-state index is 12.8. The number of carbonyl (C=O) groups is 1. The molecule has 3 aromatic rings. The third-order valence-electron chi connectivity index (χ3n) is 4.73. The van der Waals surface area contributed by atoms with Crippen molar-refractivity contribution in [2.75, 3.05) is 31.6 Å². The van der Waals surface area contributed by atoms with E-state index >= 15 is 0 Å². The highest BCUT2D eigenvalue weighted by atomic mass is 32.2. The second kappa shape index (κ2) is 8.20. The Morgan fingerprint density at radius 1 is 0.931 bits per heavy atom. The molecule has 0 unspecified atom stereocenters. The zero-order valence-corrected chi connectivity index (χ0v) is 16.5. The molecule has 2 aromatic carbocycles. The SMILES string of the molecule is O=C(Nc1cccc(S(=O)(=O)N2CCOCC2)c1)c1ccc(-n2cccc2)cc1. The number of hydrogen-bond acceptors (Lipinski definition) is 4. The van der Waals surface area contributed by atoms with Crippen molar-refractivity contribution >= 4 is 21.6 Å². The van der Waals surface area contributed by atoms with Crippen molar-refractivity contribution in [3.8, 4) is 5.69 Å². The largest absolute Gasteiger partial charge is 0.379 e. The molecule has 4 rings (SSSR count). The Hall–Kier alpha value is -2.94. The summed E-state index contributed by atoms with van der Waals surface area (Å²) < 4.78 is 34.2. The lowest BCUT2D eigenvalue weighted by atomic mass is 10.2. The Morgan fingerprint density at radius 2 is 1.62 bits per heavy atom. The molecule has 8 heteroatoms. The lowest BCUT2D eigenvalue weighted by molar-refractivity contribution is 0.0730. The summed E-state index contributed by atoms with van der Waals surface area (Å²) in [7, 11) is -3.62. The van der Waals surface area contributed by atoms with Gasteiger partial charge in [-0.2, -0.15) is 4.31 Å². The van der Waals surface area contributed by atoms with Crippen LogP contribution in [0.25, 0.3) is 5.69 Å². The second-order valence-electron chi connectivity index (χ2n) is 6.64. The van der Waals surface area contributed by atoms with Crippen LogP contribution >= 0.6 is 0 Å². The minimum atomic E-state index is -3.62. The fourth-order valence-corrected chi connectivity index (χ4v) is 4.62. The molecule has 1 fully saturated rings. The molecule has 0 spiro atoms. The van der Waals surface area contributed by atoms with E-state index in [4.69, 9.17) is 4.74 Å². The van der Waals surface area contributed by atoms with Gasteiger partial charge in [-0.1, -0.05) is 6.07 Å². The summed E-state index contributed by atoms with van der Waals surface area (Å²) in [5.41, 5.74) is 1.87. The number of nitrogens with one attached hydrogen (secondary N) is 1.